The lowest BCUT2D eigenvalue weighted by atomic mass is 9.85. The normalized spacial score (nSPS) is 41.9. The minimum atomic E-state index is -1.95. The number of esters is 1. The minimum absolute atomic E-state index is 0.830. The Balaban J connectivity index is 3.05. The molecule has 1 aliphatic rings. The molecule has 0 aliphatic carbocycles. The van der Waals surface area contributed by atoms with Gasteiger partial charge in [-0.25, -0.2) is 4.79 Å². The summed E-state index contributed by atoms with van der Waals surface area (Å²) in [7, 11) is 0. The van der Waals surface area contributed by atoms with Gasteiger partial charge in [-0.05, 0) is 6.92 Å². The molecule has 0 amide bonds. The van der Waals surface area contributed by atoms with Gasteiger partial charge in [-0.3, -0.25) is 4.79 Å². The highest BCUT2D eigenvalue weighted by Crippen LogP contribution is 2.32. The number of carbonyl (C=O) groups excluding carboxylic acids is 1. The second-order valence-corrected chi connectivity index (χ2v) is 3.95. The highest BCUT2D eigenvalue weighted by Gasteiger charge is 2.57. The highest BCUT2D eigenvalue weighted by molar-refractivity contribution is 5.74. The number of hydrogen-bond acceptors (Lipinski definition) is 7. The van der Waals surface area contributed by atoms with Crippen LogP contribution in [-0.4, -0.2) is 62.6 Å². The van der Waals surface area contributed by atoms with Gasteiger partial charge in [0.15, 0.2) is 18.0 Å². The predicted molar refractivity (Wildman–Crippen MR) is 50.7 cm³/mol. The Bertz CT molecular complexity index is 329. The molecule has 0 radical (unpaired) electrons. The van der Waals surface area contributed by atoms with E-state index in [4.69, 9.17) is 9.84 Å². The molecule has 1 fully saturated rings. The van der Waals surface area contributed by atoms with Crippen molar-refractivity contribution in [1.82, 2.24) is 0 Å². The number of carboxylic acids is 1. The average Bonchev–Trinajstić information content (AvgIpc) is 2.20. The molecular formula is C9H14O8. The second kappa shape index (κ2) is 4.57. The molecule has 0 aromatic heterocycles. The van der Waals surface area contributed by atoms with E-state index in [1.165, 1.54) is 0 Å². The fourth-order valence-corrected chi connectivity index (χ4v) is 1.68. The largest absolute Gasteiger partial charge is 0.479 e. The highest BCUT2D eigenvalue weighted by atomic mass is 16.7. The molecule has 17 heavy (non-hydrogen) atoms. The number of aliphatic hydroxyl groups excluding tert-OH is 3. The summed E-state index contributed by atoms with van der Waals surface area (Å²) in [5, 5.41) is 37.4. The van der Waals surface area contributed by atoms with Crippen molar-refractivity contribution < 1.29 is 39.5 Å². The molecular weight excluding hydrogens is 236 g/mol. The number of carbonyl (C=O) groups is 2. The van der Waals surface area contributed by atoms with E-state index < -0.39 is 42.1 Å². The van der Waals surface area contributed by atoms with Gasteiger partial charge in [-0.1, -0.05) is 0 Å². The zero-order chi connectivity index (χ0) is 13.4. The molecule has 4 N–H and O–H groups in total. The fourth-order valence-electron chi connectivity index (χ4n) is 1.68. The summed E-state index contributed by atoms with van der Waals surface area (Å²) in [6, 6.07) is 0. The van der Waals surface area contributed by atoms with Gasteiger partial charge in [0.2, 0.25) is 0 Å². The molecule has 5 atom stereocenters. The lowest BCUT2D eigenvalue weighted by Crippen LogP contribution is -2.67. The van der Waals surface area contributed by atoms with Crippen LogP contribution in [0, 0.1) is 0 Å². The molecule has 0 aromatic carbocycles. The first-order chi connectivity index (χ1) is 7.70. The van der Waals surface area contributed by atoms with E-state index in [1.54, 1.807) is 0 Å². The van der Waals surface area contributed by atoms with Crippen LogP contribution in [-0.2, 0) is 19.1 Å². The van der Waals surface area contributed by atoms with E-state index in [1.807, 2.05) is 0 Å². The molecule has 0 bridgehead atoms. The summed E-state index contributed by atoms with van der Waals surface area (Å²) >= 11 is 0. The Hall–Kier alpha value is -1.22. The van der Waals surface area contributed by atoms with Crippen LogP contribution in [0.1, 0.15) is 13.8 Å². The van der Waals surface area contributed by atoms with Crippen molar-refractivity contribution >= 4 is 11.9 Å². The van der Waals surface area contributed by atoms with Crippen molar-refractivity contribution in [1.29, 1.82) is 0 Å². The zero-order valence-electron chi connectivity index (χ0n) is 9.23. The first-order valence-electron chi connectivity index (χ1n) is 4.82. The summed E-state index contributed by atoms with van der Waals surface area (Å²) in [5.74, 6) is -2.37. The number of aliphatic carboxylic acids is 1. The van der Waals surface area contributed by atoms with Gasteiger partial charge in [0.1, 0.15) is 12.2 Å². The van der Waals surface area contributed by atoms with Crippen LogP contribution in [0.3, 0.4) is 0 Å². The molecule has 0 spiro atoms. The van der Waals surface area contributed by atoms with Gasteiger partial charge in [0.25, 0.3) is 0 Å². The fraction of sp³-hybridized carbons (Fsp3) is 0.778. The maximum atomic E-state index is 10.9. The SMILES string of the molecule is CC(=O)O[C@@]1(C)[C@H](O)[C@@H](C(=O)O)O[C@@H](O)[C@@H]1O. The van der Waals surface area contributed by atoms with Crippen molar-refractivity contribution in [3.05, 3.63) is 0 Å². The van der Waals surface area contributed by atoms with E-state index in [0.717, 1.165) is 13.8 Å². The molecule has 98 valence electrons. The molecule has 1 aliphatic heterocycles. The van der Waals surface area contributed by atoms with Crippen molar-refractivity contribution in [3.8, 4) is 0 Å². The van der Waals surface area contributed by atoms with Crippen LogP contribution in [0.5, 0.6) is 0 Å². The first kappa shape index (κ1) is 13.8. The number of ether oxygens (including phenoxy) is 2. The molecule has 1 heterocycles. The van der Waals surface area contributed by atoms with Crippen LogP contribution in [0.15, 0.2) is 0 Å². The van der Waals surface area contributed by atoms with E-state index in [2.05, 4.69) is 4.74 Å². The number of carboxylic acid groups (broad SMARTS) is 1. The maximum Gasteiger partial charge on any atom is 0.335 e. The lowest BCUT2D eigenvalue weighted by molar-refractivity contribution is -0.312. The molecule has 1 rings (SSSR count). The first-order valence-corrected chi connectivity index (χ1v) is 4.82. The Morgan fingerprint density at radius 3 is 2.18 bits per heavy atom. The van der Waals surface area contributed by atoms with Crippen molar-refractivity contribution in [2.75, 3.05) is 0 Å². The molecule has 1 saturated heterocycles. The molecule has 0 saturated carbocycles. The quantitative estimate of drug-likeness (QED) is 0.407. The summed E-state index contributed by atoms with van der Waals surface area (Å²) in [6.45, 7) is 2.15. The smallest absolute Gasteiger partial charge is 0.335 e. The van der Waals surface area contributed by atoms with Crippen molar-refractivity contribution in [2.45, 2.75) is 44.1 Å². The Labute approximate surface area is 96.4 Å². The Morgan fingerprint density at radius 1 is 1.24 bits per heavy atom. The second-order valence-electron chi connectivity index (χ2n) is 3.95. The van der Waals surface area contributed by atoms with E-state index in [0.29, 0.717) is 0 Å². The molecule has 8 nitrogen and oxygen atoms in total. The molecule has 0 unspecified atom stereocenters. The van der Waals surface area contributed by atoms with Gasteiger partial charge in [-0.2, -0.15) is 0 Å². The van der Waals surface area contributed by atoms with Gasteiger partial charge >= 0.3 is 11.9 Å². The predicted octanol–water partition coefficient (Wildman–Crippen LogP) is -2.17. The number of aliphatic hydroxyl groups is 3. The summed E-state index contributed by atoms with van der Waals surface area (Å²) in [6.07, 6.45) is -7.22. The van der Waals surface area contributed by atoms with Gasteiger partial charge in [-0.15, -0.1) is 0 Å². The van der Waals surface area contributed by atoms with E-state index in [9.17, 15) is 24.9 Å². The maximum absolute atomic E-state index is 10.9. The van der Waals surface area contributed by atoms with E-state index >= 15 is 0 Å². The lowest BCUT2D eigenvalue weighted by Gasteiger charge is -2.45. The van der Waals surface area contributed by atoms with Gasteiger partial charge < -0.3 is 29.9 Å². The third-order valence-corrected chi connectivity index (χ3v) is 2.62. The van der Waals surface area contributed by atoms with Crippen molar-refractivity contribution in [3.63, 3.8) is 0 Å². The topological polar surface area (TPSA) is 134 Å². The van der Waals surface area contributed by atoms with Crippen LogP contribution >= 0.6 is 0 Å². The van der Waals surface area contributed by atoms with Gasteiger partial charge in [0.05, 0.1) is 0 Å². The third kappa shape index (κ3) is 2.39. The van der Waals surface area contributed by atoms with Crippen LogP contribution in [0.4, 0.5) is 0 Å². The number of rotatable bonds is 2. The summed E-state index contributed by atoms with van der Waals surface area (Å²) in [5.41, 5.74) is -1.95. The Morgan fingerprint density at radius 2 is 1.76 bits per heavy atom. The average molecular weight is 250 g/mol. The van der Waals surface area contributed by atoms with Crippen LogP contribution in [0.25, 0.3) is 0 Å². The summed E-state index contributed by atoms with van der Waals surface area (Å²) in [4.78, 5) is 21.6. The zero-order valence-corrected chi connectivity index (χ0v) is 9.23. The van der Waals surface area contributed by atoms with Crippen LogP contribution < -0.4 is 0 Å². The molecule has 8 heteroatoms. The third-order valence-electron chi connectivity index (χ3n) is 2.62. The van der Waals surface area contributed by atoms with E-state index in [-0.39, 0.29) is 0 Å². The Kier molecular flexibility index (Phi) is 3.72. The summed E-state index contributed by atoms with van der Waals surface area (Å²) < 4.78 is 9.23. The number of hydrogen-bond donors (Lipinski definition) is 4. The monoisotopic (exact) mass is 250 g/mol. The van der Waals surface area contributed by atoms with Gasteiger partial charge in [0, 0.05) is 6.92 Å². The minimum Gasteiger partial charge on any atom is -0.479 e. The molecule has 0 aromatic rings. The standard InChI is InChI=1S/C9H14O8/c1-3(10)17-9(2)5(11)4(7(13)14)16-8(15)6(9)12/h4-6,8,11-12,15H,1-2H3,(H,13,14)/t4-,5+,6-,8+,9-/m0/s1. The van der Waals surface area contributed by atoms with Crippen molar-refractivity contribution in [2.24, 2.45) is 0 Å². The van der Waals surface area contributed by atoms with Crippen LogP contribution in [0.2, 0.25) is 0 Å².